The van der Waals surface area contributed by atoms with E-state index in [2.05, 4.69) is 5.32 Å². The van der Waals surface area contributed by atoms with Gasteiger partial charge in [-0.1, -0.05) is 72.8 Å². The van der Waals surface area contributed by atoms with E-state index in [0.717, 1.165) is 21.9 Å². The van der Waals surface area contributed by atoms with Gasteiger partial charge in [0.2, 0.25) is 0 Å². The highest BCUT2D eigenvalue weighted by Gasteiger charge is 2.40. The molecule has 0 fully saturated rings. The zero-order valence-electron chi connectivity index (χ0n) is 17.1. The van der Waals surface area contributed by atoms with E-state index < -0.39 is 29.4 Å². The average Bonchev–Trinajstić information content (AvgIpc) is 2.77. The Labute approximate surface area is 179 Å². The van der Waals surface area contributed by atoms with Gasteiger partial charge in [0.25, 0.3) is 5.91 Å². The second-order valence-electron chi connectivity index (χ2n) is 7.47. The number of ether oxygens (including phenoxy) is 1. The van der Waals surface area contributed by atoms with Crippen LogP contribution in [0.2, 0.25) is 0 Å². The van der Waals surface area contributed by atoms with Crippen molar-refractivity contribution in [3.63, 3.8) is 0 Å². The first-order valence-corrected chi connectivity index (χ1v) is 9.79. The van der Waals surface area contributed by atoms with Crippen molar-refractivity contribution in [2.75, 3.05) is 0 Å². The molecule has 3 aromatic rings. The van der Waals surface area contributed by atoms with E-state index in [9.17, 15) is 19.5 Å². The summed E-state index contributed by atoms with van der Waals surface area (Å²) in [6, 6.07) is 20.8. The molecule has 2 atom stereocenters. The third-order valence-corrected chi connectivity index (χ3v) is 5.02. The van der Waals surface area contributed by atoms with Crippen LogP contribution in [-0.2, 0) is 32.1 Å². The van der Waals surface area contributed by atoms with Gasteiger partial charge >= 0.3 is 11.9 Å². The summed E-state index contributed by atoms with van der Waals surface area (Å²) in [4.78, 5) is 36.9. The largest absolute Gasteiger partial charge is 0.480 e. The van der Waals surface area contributed by atoms with Crippen molar-refractivity contribution in [2.24, 2.45) is 5.73 Å². The molecule has 0 saturated carbocycles. The van der Waals surface area contributed by atoms with E-state index in [1.54, 1.807) is 30.3 Å². The van der Waals surface area contributed by atoms with Crippen LogP contribution in [0.3, 0.4) is 0 Å². The molecule has 0 aromatic heterocycles. The number of carbonyl (C=O) groups is 3. The second-order valence-corrected chi connectivity index (χ2v) is 7.47. The predicted molar refractivity (Wildman–Crippen MR) is 116 cm³/mol. The van der Waals surface area contributed by atoms with Gasteiger partial charge in [-0.25, -0.2) is 9.59 Å². The minimum Gasteiger partial charge on any atom is -0.480 e. The Morgan fingerprint density at radius 3 is 2.35 bits per heavy atom. The lowest BCUT2D eigenvalue weighted by molar-refractivity contribution is -0.156. The smallest absolute Gasteiger partial charge is 0.336 e. The Kier molecular flexibility index (Phi) is 6.67. The first kappa shape index (κ1) is 22.0. The topological polar surface area (TPSA) is 119 Å². The number of fused-ring (bicyclic) bond motifs is 1. The van der Waals surface area contributed by atoms with E-state index in [1.807, 2.05) is 42.5 Å². The molecule has 0 aliphatic heterocycles. The molecule has 160 valence electrons. The Morgan fingerprint density at radius 1 is 1.00 bits per heavy atom. The quantitative estimate of drug-likeness (QED) is 0.380. The molecule has 7 heteroatoms. The monoisotopic (exact) mass is 420 g/mol. The molecular formula is C24H24N2O5. The van der Waals surface area contributed by atoms with Crippen LogP contribution in [-0.4, -0.2) is 34.5 Å². The minimum atomic E-state index is -2.04. The first-order valence-electron chi connectivity index (χ1n) is 9.79. The third kappa shape index (κ3) is 5.26. The normalized spacial score (nSPS) is 13.7. The van der Waals surface area contributed by atoms with Crippen molar-refractivity contribution in [2.45, 2.75) is 31.5 Å². The van der Waals surface area contributed by atoms with Crippen molar-refractivity contribution in [1.82, 2.24) is 5.32 Å². The number of aliphatic carboxylic acids is 1. The van der Waals surface area contributed by atoms with Gasteiger partial charge in [0.1, 0.15) is 12.6 Å². The SMILES string of the molecule is C[C@@](N)(C(=O)N[C@H](Cc1cccc2ccccc12)C(=O)O)C(=O)OCc1ccccc1. The summed E-state index contributed by atoms with van der Waals surface area (Å²) < 4.78 is 5.16. The Balaban J connectivity index is 1.70. The van der Waals surface area contributed by atoms with Gasteiger partial charge in [0.15, 0.2) is 5.54 Å². The number of nitrogens with two attached hydrogens (primary N) is 1. The van der Waals surface area contributed by atoms with Crippen LogP contribution in [0.15, 0.2) is 72.8 Å². The molecule has 0 radical (unpaired) electrons. The molecule has 0 aliphatic carbocycles. The fraction of sp³-hybridized carbons (Fsp3) is 0.208. The molecule has 0 bridgehead atoms. The van der Waals surface area contributed by atoms with Crippen LogP contribution in [0.1, 0.15) is 18.1 Å². The lowest BCUT2D eigenvalue weighted by Gasteiger charge is -2.24. The van der Waals surface area contributed by atoms with Gasteiger partial charge < -0.3 is 20.9 Å². The fourth-order valence-electron chi connectivity index (χ4n) is 3.16. The lowest BCUT2D eigenvalue weighted by Crippen LogP contribution is -2.61. The molecule has 3 aromatic carbocycles. The molecule has 31 heavy (non-hydrogen) atoms. The maximum atomic E-state index is 12.7. The number of esters is 1. The van der Waals surface area contributed by atoms with Crippen molar-refractivity contribution in [3.05, 3.63) is 83.9 Å². The number of hydrogen-bond donors (Lipinski definition) is 3. The molecule has 7 nitrogen and oxygen atoms in total. The van der Waals surface area contributed by atoms with Crippen LogP contribution < -0.4 is 11.1 Å². The summed E-state index contributed by atoms with van der Waals surface area (Å²) in [5.74, 6) is -3.09. The van der Waals surface area contributed by atoms with Crippen LogP contribution in [0, 0.1) is 0 Å². The van der Waals surface area contributed by atoms with Gasteiger partial charge in [-0.3, -0.25) is 4.79 Å². The number of amides is 1. The van der Waals surface area contributed by atoms with Gasteiger partial charge in [-0.2, -0.15) is 0 Å². The van der Waals surface area contributed by atoms with Gasteiger partial charge in [0.05, 0.1) is 0 Å². The van der Waals surface area contributed by atoms with Crippen LogP contribution in [0.5, 0.6) is 0 Å². The van der Waals surface area contributed by atoms with Crippen LogP contribution >= 0.6 is 0 Å². The molecule has 0 aliphatic rings. The first-order chi connectivity index (χ1) is 14.8. The summed E-state index contributed by atoms with van der Waals surface area (Å²) in [7, 11) is 0. The van der Waals surface area contributed by atoms with Crippen molar-refractivity contribution >= 4 is 28.6 Å². The molecule has 0 spiro atoms. The maximum Gasteiger partial charge on any atom is 0.336 e. The molecule has 1 amide bonds. The number of carboxylic acid groups (broad SMARTS) is 1. The number of carboxylic acids is 1. The zero-order chi connectivity index (χ0) is 22.4. The highest BCUT2D eigenvalue weighted by atomic mass is 16.5. The van der Waals surface area contributed by atoms with E-state index in [-0.39, 0.29) is 13.0 Å². The predicted octanol–water partition coefficient (Wildman–Crippen LogP) is 2.41. The maximum absolute atomic E-state index is 12.7. The van der Waals surface area contributed by atoms with E-state index >= 15 is 0 Å². The molecule has 0 heterocycles. The van der Waals surface area contributed by atoms with Crippen molar-refractivity contribution < 1.29 is 24.2 Å². The average molecular weight is 420 g/mol. The molecule has 3 rings (SSSR count). The van der Waals surface area contributed by atoms with Gasteiger partial charge in [0, 0.05) is 6.42 Å². The van der Waals surface area contributed by atoms with E-state index in [0.29, 0.717) is 0 Å². The Morgan fingerprint density at radius 2 is 1.65 bits per heavy atom. The van der Waals surface area contributed by atoms with Gasteiger partial charge in [-0.05, 0) is 28.8 Å². The molecule has 0 saturated heterocycles. The highest BCUT2D eigenvalue weighted by Crippen LogP contribution is 2.20. The van der Waals surface area contributed by atoms with Crippen LogP contribution in [0.4, 0.5) is 0 Å². The number of carbonyl (C=O) groups excluding carboxylic acids is 2. The zero-order valence-corrected chi connectivity index (χ0v) is 17.1. The van der Waals surface area contributed by atoms with E-state index in [4.69, 9.17) is 10.5 Å². The molecular weight excluding hydrogens is 396 g/mol. The third-order valence-electron chi connectivity index (χ3n) is 5.02. The Bertz CT molecular complexity index is 1090. The summed E-state index contributed by atoms with van der Waals surface area (Å²) in [5.41, 5.74) is 5.38. The molecule has 4 N–H and O–H groups in total. The Hall–Kier alpha value is -3.71. The summed E-state index contributed by atoms with van der Waals surface area (Å²) in [5, 5.41) is 13.9. The second kappa shape index (κ2) is 9.40. The van der Waals surface area contributed by atoms with E-state index in [1.165, 1.54) is 6.92 Å². The van der Waals surface area contributed by atoms with Gasteiger partial charge in [-0.15, -0.1) is 0 Å². The van der Waals surface area contributed by atoms with Crippen molar-refractivity contribution in [1.29, 1.82) is 0 Å². The number of nitrogens with one attached hydrogen (secondary N) is 1. The highest BCUT2D eigenvalue weighted by molar-refractivity contribution is 6.07. The van der Waals surface area contributed by atoms with Crippen molar-refractivity contribution in [3.8, 4) is 0 Å². The lowest BCUT2D eigenvalue weighted by atomic mass is 9.97. The standard InChI is InChI=1S/C24H24N2O5/c1-24(25,23(30)31-15-16-8-3-2-4-9-16)22(29)26-20(21(27)28)14-18-12-7-11-17-10-5-6-13-19(17)18/h2-13,20H,14-15,25H2,1H3,(H,26,29)(H,27,28)/t20-,24-/m1/s1. The number of rotatable bonds is 8. The summed E-state index contributed by atoms with van der Waals surface area (Å²) in [6.45, 7) is 1.16. The van der Waals surface area contributed by atoms with Crippen LogP contribution in [0.25, 0.3) is 10.8 Å². The minimum absolute atomic E-state index is 0.0393. The summed E-state index contributed by atoms with van der Waals surface area (Å²) >= 11 is 0. The molecule has 0 unspecified atom stereocenters. The number of hydrogen-bond acceptors (Lipinski definition) is 5. The number of benzene rings is 3. The summed E-state index contributed by atoms with van der Waals surface area (Å²) in [6.07, 6.45) is 0.0393. The fourth-order valence-corrected chi connectivity index (χ4v) is 3.16.